The van der Waals surface area contributed by atoms with Crippen molar-refractivity contribution in [2.75, 3.05) is 25.0 Å². The number of likely N-dealkylation sites (tertiary alicyclic amines) is 1. The van der Waals surface area contributed by atoms with E-state index >= 15 is 0 Å². The van der Waals surface area contributed by atoms with Gasteiger partial charge in [-0.1, -0.05) is 11.6 Å². The van der Waals surface area contributed by atoms with Crippen LogP contribution in [0.15, 0.2) is 42.6 Å². The van der Waals surface area contributed by atoms with Crippen molar-refractivity contribution in [2.45, 2.75) is 25.8 Å². The standard InChI is InChI=1S/C19H22ClN3O2/c1-2-25-17-5-3-14(4-6-17)19(24)23-11-8-15(9-12-23)22-16-7-10-21-18(20)13-16/h3-7,10,13,15H,2,8-9,11-12H2,1H3,(H,21,22). The summed E-state index contributed by atoms with van der Waals surface area (Å²) in [6.45, 7) is 4.04. The molecule has 1 aliphatic heterocycles. The van der Waals surface area contributed by atoms with Crippen molar-refractivity contribution in [2.24, 2.45) is 0 Å². The van der Waals surface area contributed by atoms with Crippen molar-refractivity contribution in [3.05, 3.63) is 53.3 Å². The van der Waals surface area contributed by atoms with Crippen LogP contribution in [0.4, 0.5) is 5.69 Å². The molecule has 0 spiro atoms. The Balaban J connectivity index is 1.53. The summed E-state index contributed by atoms with van der Waals surface area (Å²) in [6.07, 6.45) is 3.50. The SMILES string of the molecule is CCOc1ccc(C(=O)N2CCC(Nc3ccnc(Cl)c3)CC2)cc1. The molecule has 25 heavy (non-hydrogen) atoms. The number of hydrogen-bond donors (Lipinski definition) is 1. The molecule has 5 nitrogen and oxygen atoms in total. The minimum Gasteiger partial charge on any atom is -0.494 e. The summed E-state index contributed by atoms with van der Waals surface area (Å²) in [4.78, 5) is 18.5. The topological polar surface area (TPSA) is 54.5 Å². The van der Waals surface area contributed by atoms with Crippen molar-refractivity contribution in [1.29, 1.82) is 0 Å². The maximum atomic E-state index is 12.6. The van der Waals surface area contributed by atoms with E-state index in [4.69, 9.17) is 16.3 Å². The molecule has 0 saturated carbocycles. The number of carbonyl (C=O) groups is 1. The van der Waals surface area contributed by atoms with Gasteiger partial charge in [-0.2, -0.15) is 0 Å². The third-order valence-corrected chi connectivity index (χ3v) is 4.50. The van der Waals surface area contributed by atoms with Gasteiger partial charge in [0.2, 0.25) is 0 Å². The first-order valence-corrected chi connectivity index (χ1v) is 8.93. The second-order valence-corrected chi connectivity index (χ2v) is 6.42. The van der Waals surface area contributed by atoms with Crippen LogP contribution in [0.2, 0.25) is 5.15 Å². The molecule has 0 atom stereocenters. The fraction of sp³-hybridized carbons (Fsp3) is 0.368. The Labute approximate surface area is 153 Å². The van der Waals surface area contributed by atoms with E-state index in [0.29, 0.717) is 23.4 Å². The van der Waals surface area contributed by atoms with E-state index in [1.165, 1.54) is 0 Å². The molecule has 2 heterocycles. The zero-order valence-electron chi connectivity index (χ0n) is 14.2. The van der Waals surface area contributed by atoms with Crippen molar-refractivity contribution in [1.82, 2.24) is 9.88 Å². The van der Waals surface area contributed by atoms with E-state index < -0.39 is 0 Å². The number of aromatic nitrogens is 1. The van der Waals surface area contributed by atoms with E-state index in [-0.39, 0.29) is 5.91 Å². The monoisotopic (exact) mass is 359 g/mol. The quantitative estimate of drug-likeness (QED) is 0.824. The van der Waals surface area contributed by atoms with Crippen LogP contribution < -0.4 is 10.1 Å². The normalized spacial score (nSPS) is 15.0. The van der Waals surface area contributed by atoms with Gasteiger partial charge in [-0.05, 0) is 56.2 Å². The Morgan fingerprint density at radius 2 is 2.00 bits per heavy atom. The molecule has 0 radical (unpaired) electrons. The van der Waals surface area contributed by atoms with E-state index in [1.54, 1.807) is 6.20 Å². The van der Waals surface area contributed by atoms with Crippen LogP contribution in [-0.4, -0.2) is 41.5 Å². The lowest BCUT2D eigenvalue weighted by molar-refractivity contribution is 0.0718. The summed E-state index contributed by atoms with van der Waals surface area (Å²) >= 11 is 5.91. The van der Waals surface area contributed by atoms with Crippen LogP contribution in [0.3, 0.4) is 0 Å². The third-order valence-electron chi connectivity index (χ3n) is 4.29. The minimum atomic E-state index is 0.0773. The van der Waals surface area contributed by atoms with Crippen LogP contribution in [0.1, 0.15) is 30.1 Å². The summed E-state index contributed by atoms with van der Waals surface area (Å²) in [6, 6.07) is 11.4. The largest absolute Gasteiger partial charge is 0.494 e. The number of nitrogens with one attached hydrogen (secondary N) is 1. The molecule has 0 aliphatic carbocycles. The lowest BCUT2D eigenvalue weighted by Crippen LogP contribution is -2.42. The van der Waals surface area contributed by atoms with Crippen molar-refractivity contribution >= 4 is 23.2 Å². The number of hydrogen-bond acceptors (Lipinski definition) is 4. The van der Waals surface area contributed by atoms with E-state index in [1.807, 2.05) is 48.2 Å². The van der Waals surface area contributed by atoms with Gasteiger partial charge in [0.05, 0.1) is 6.61 Å². The first-order chi connectivity index (χ1) is 12.2. The Morgan fingerprint density at radius 3 is 2.64 bits per heavy atom. The summed E-state index contributed by atoms with van der Waals surface area (Å²) in [7, 11) is 0. The van der Waals surface area contributed by atoms with E-state index in [0.717, 1.165) is 37.4 Å². The van der Waals surface area contributed by atoms with Gasteiger partial charge in [-0.25, -0.2) is 4.98 Å². The highest BCUT2D eigenvalue weighted by Gasteiger charge is 2.23. The molecule has 132 valence electrons. The highest BCUT2D eigenvalue weighted by molar-refractivity contribution is 6.29. The van der Waals surface area contributed by atoms with E-state index in [9.17, 15) is 4.79 Å². The van der Waals surface area contributed by atoms with Crippen LogP contribution >= 0.6 is 11.6 Å². The summed E-state index contributed by atoms with van der Waals surface area (Å²) in [5.74, 6) is 0.867. The van der Waals surface area contributed by atoms with Crippen LogP contribution in [-0.2, 0) is 0 Å². The number of carbonyl (C=O) groups excluding carboxylic acids is 1. The molecule has 1 amide bonds. The van der Waals surface area contributed by atoms with Gasteiger partial charge in [0.15, 0.2) is 0 Å². The molecular weight excluding hydrogens is 338 g/mol. The highest BCUT2D eigenvalue weighted by Crippen LogP contribution is 2.20. The summed E-state index contributed by atoms with van der Waals surface area (Å²) in [5.41, 5.74) is 1.67. The number of nitrogens with zero attached hydrogens (tertiary/aromatic N) is 2. The molecule has 1 N–H and O–H groups in total. The Kier molecular flexibility index (Phi) is 5.76. The molecule has 1 aromatic heterocycles. The van der Waals surface area contributed by atoms with Gasteiger partial charge in [0.1, 0.15) is 10.9 Å². The maximum absolute atomic E-state index is 12.6. The fourth-order valence-corrected chi connectivity index (χ4v) is 3.17. The number of halogens is 1. The molecule has 0 bridgehead atoms. The van der Waals surface area contributed by atoms with Gasteiger partial charge in [0.25, 0.3) is 5.91 Å². The Bertz CT molecular complexity index is 713. The number of anilines is 1. The lowest BCUT2D eigenvalue weighted by Gasteiger charge is -2.33. The maximum Gasteiger partial charge on any atom is 0.253 e. The smallest absolute Gasteiger partial charge is 0.253 e. The zero-order valence-corrected chi connectivity index (χ0v) is 15.0. The summed E-state index contributed by atoms with van der Waals surface area (Å²) in [5, 5.41) is 3.94. The highest BCUT2D eigenvalue weighted by atomic mass is 35.5. The van der Waals surface area contributed by atoms with Crippen LogP contribution in [0.25, 0.3) is 0 Å². The molecule has 1 aliphatic rings. The molecule has 6 heteroatoms. The predicted octanol–water partition coefficient (Wildman–Crippen LogP) is 3.85. The van der Waals surface area contributed by atoms with Gasteiger partial charge < -0.3 is 15.0 Å². The van der Waals surface area contributed by atoms with Crippen LogP contribution in [0, 0.1) is 0 Å². The number of benzene rings is 1. The minimum absolute atomic E-state index is 0.0773. The number of ether oxygens (including phenoxy) is 1. The lowest BCUT2D eigenvalue weighted by atomic mass is 10.0. The van der Waals surface area contributed by atoms with Crippen molar-refractivity contribution in [3.63, 3.8) is 0 Å². The van der Waals surface area contributed by atoms with Gasteiger partial charge in [0, 0.05) is 36.6 Å². The number of amides is 1. The number of piperidine rings is 1. The van der Waals surface area contributed by atoms with Gasteiger partial charge in [-0.15, -0.1) is 0 Å². The van der Waals surface area contributed by atoms with Crippen molar-refractivity contribution < 1.29 is 9.53 Å². The van der Waals surface area contributed by atoms with Crippen molar-refractivity contribution in [3.8, 4) is 5.75 Å². The summed E-state index contributed by atoms with van der Waals surface area (Å²) < 4.78 is 5.42. The van der Waals surface area contributed by atoms with Gasteiger partial charge >= 0.3 is 0 Å². The third kappa shape index (κ3) is 4.63. The second kappa shape index (κ2) is 8.21. The van der Waals surface area contributed by atoms with Gasteiger partial charge in [-0.3, -0.25) is 4.79 Å². The second-order valence-electron chi connectivity index (χ2n) is 6.04. The average Bonchev–Trinajstić information content (AvgIpc) is 2.63. The molecule has 3 rings (SSSR count). The molecule has 1 aromatic carbocycles. The predicted molar refractivity (Wildman–Crippen MR) is 99.4 cm³/mol. The Hall–Kier alpha value is -2.27. The van der Waals surface area contributed by atoms with Crippen LogP contribution in [0.5, 0.6) is 5.75 Å². The Morgan fingerprint density at radius 1 is 1.28 bits per heavy atom. The molecule has 2 aromatic rings. The number of pyridine rings is 1. The fourth-order valence-electron chi connectivity index (χ4n) is 3.00. The first kappa shape index (κ1) is 17.5. The molecular formula is C19H22ClN3O2. The molecule has 1 saturated heterocycles. The molecule has 1 fully saturated rings. The first-order valence-electron chi connectivity index (χ1n) is 8.56. The molecule has 0 unspecified atom stereocenters. The van der Waals surface area contributed by atoms with E-state index in [2.05, 4.69) is 10.3 Å². The zero-order chi connectivity index (χ0) is 17.6. The average molecular weight is 360 g/mol. The number of rotatable bonds is 5.